The molecule has 0 aromatic heterocycles. The highest BCUT2D eigenvalue weighted by molar-refractivity contribution is 5.61. The summed E-state index contributed by atoms with van der Waals surface area (Å²) in [6.07, 6.45) is 2.43. The molecule has 0 bridgehead atoms. The highest BCUT2D eigenvalue weighted by Crippen LogP contribution is 2.36. The van der Waals surface area contributed by atoms with Crippen molar-refractivity contribution in [2.75, 3.05) is 11.9 Å². The summed E-state index contributed by atoms with van der Waals surface area (Å²) in [5.41, 5.74) is 4.93. The number of aryl methyl sites for hydroxylation is 2. The Labute approximate surface area is 120 Å². The minimum absolute atomic E-state index is 0.0966. The van der Waals surface area contributed by atoms with Crippen molar-refractivity contribution in [3.8, 4) is 5.75 Å². The van der Waals surface area contributed by atoms with Crippen LogP contribution in [0.2, 0.25) is 0 Å². The van der Waals surface area contributed by atoms with Gasteiger partial charge in [-0.1, -0.05) is 49.7 Å². The topological polar surface area (TPSA) is 21.3 Å². The van der Waals surface area contributed by atoms with Crippen molar-refractivity contribution >= 4 is 5.69 Å². The molecule has 1 aliphatic heterocycles. The molecule has 1 unspecified atom stereocenters. The van der Waals surface area contributed by atoms with E-state index in [9.17, 15) is 0 Å². The number of anilines is 1. The van der Waals surface area contributed by atoms with Crippen LogP contribution in [0.4, 0.5) is 5.69 Å². The first-order valence-corrected chi connectivity index (χ1v) is 7.37. The third-order valence-electron chi connectivity index (χ3n) is 3.84. The van der Waals surface area contributed by atoms with Crippen LogP contribution >= 0.6 is 0 Å². The predicted molar refractivity (Wildman–Crippen MR) is 83.5 cm³/mol. The third-order valence-corrected chi connectivity index (χ3v) is 3.84. The molecule has 0 radical (unpaired) electrons. The van der Waals surface area contributed by atoms with Crippen molar-refractivity contribution in [3.05, 3.63) is 59.2 Å². The van der Waals surface area contributed by atoms with Crippen LogP contribution in [0, 0.1) is 6.92 Å². The van der Waals surface area contributed by atoms with Gasteiger partial charge in [0, 0.05) is 0 Å². The minimum atomic E-state index is 0.0966. The third kappa shape index (κ3) is 2.51. The lowest BCUT2D eigenvalue weighted by Gasteiger charge is -2.29. The second kappa shape index (κ2) is 5.58. The molecule has 2 aromatic rings. The Hall–Kier alpha value is -1.96. The predicted octanol–water partition coefficient (Wildman–Crippen LogP) is 4.49. The van der Waals surface area contributed by atoms with Gasteiger partial charge in [0.15, 0.2) is 0 Å². The zero-order valence-electron chi connectivity index (χ0n) is 12.1. The Morgan fingerprint density at radius 2 is 1.95 bits per heavy atom. The number of hydrogen-bond acceptors (Lipinski definition) is 2. The fraction of sp³-hybridized carbons (Fsp3) is 0.333. The SMILES string of the molecule is CCCc1ccc(C2CNc3cccc(C)c3O2)cc1. The molecule has 104 valence electrons. The molecule has 1 aliphatic rings. The standard InChI is InChI=1S/C18H21NO/c1-3-5-14-8-10-15(11-9-14)17-12-19-16-7-4-6-13(2)18(16)20-17/h4,6-11,17,19H,3,5,12H2,1-2H3. The number of rotatable bonds is 3. The maximum absolute atomic E-state index is 6.19. The molecule has 0 spiro atoms. The second-order valence-corrected chi connectivity index (χ2v) is 5.43. The highest BCUT2D eigenvalue weighted by Gasteiger charge is 2.21. The summed E-state index contributed by atoms with van der Waals surface area (Å²) in [6, 6.07) is 15.0. The number of benzene rings is 2. The normalized spacial score (nSPS) is 17.0. The summed E-state index contributed by atoms with van der Waals surface area (Å²) in [5, 5.41) is 3.47. The van der Waals surface area contributed by atoms with Crippen molar-refractivity contribution in [2.45, 2.75) is 32.8 Å². The van der Waals surface area contributed by atoms with Gasteiger partial charge in [-0.3, -0.25) is 0 Å². The first-order valence-electron chi connectivity index (χ1n) is 7.37. The smallest absolute Gasteiger partial charge is 0.146 e. The first kappa shape index (κ1) is 13.0. The van der Waals surface area contributed by atoms with Crippen LogP contribution in [0.3, 0.4) is 0 Å². The molecule has 0 aliphatic carbocycles. The van der Waals surface area contributed by atoms with Crippen LogP contribution < -0.4 is 10.1 Å². The van der Waals surface area contributed by atoms with Crippen LogP contribution in [0.1, 0.15) is 36.1 Å². The van der Waals surface area contributed by atoms with Gasteiger partial charge in [-0.25, -0.2) is 0 Å². The van der Waals surface area contributed by atoms with E-state index in [-0.39, 0.29) is 6.10 Å². The minimum Gasteiger partial charge on any atom is -0.481 e. The monoisotopic (exact) mass is 267 g/mol. The second-order valence-electron chi connectivity index (χ2n) is 5.43. The van der Waals surface area contributed by atoms with Gasteiger partial charge in [-0.2, -0.15) is 0 Å². The first-order chi connectivity index (χ1) is 9.78. The van der Waals surface area contributed by atoms with Crippen molar-refractivity contribution in [1.82, 2.24) is 0 Å². The van der Waals surface area contributed by atoms with Gasteiger partial charge in [-0.05, 0) is 36.1 Å². The molecule has 2 aromatic carbocycles. The molecule has 2 nitrogen and oxygen atoms in total. The molecule has 0 saturated carbocycles. The summed E-state index contributed by atoms with van der Waals surface area (Å²) in [5.74, 6) is 0.987. The molecule has 0 amide bonds. The molecule has 1 N–H and O–H groups in total. The Kier molecular flexibility index (Phi) is 3.64. The van der Waals surface area contributed by atoms with E-state index < -0.39 is 0 Å². The van der Waals surface area contributed by atoms with E-state index in [0.29, 0.717) is 0 Å². The van der Waals surface area contributed by atoms with E-state index >= 15 is 0 Å². The molecule has 0 fully saturated rings. The summed E-state index contributed by atoms with van der Waals surface area (Å²) >= 11 is 0. The van der Waals surface area contributed by atoms with Crippen LogP contribution in [0.5, 0.6) is 5.75 Å². The lowest BCUT2D eigenvalue weighted by atomic mass is 10.0. The van der Waals surface area contributed by atoms with Gasteiger partial charge in [0.1, 0.15) is 11.9 Å². The van der Waals surface area contributed by atoms with Crippen LogP contribution in [0.15, 0.2) is 42.5 Å². The van der Waals surface area contributed by atoms with E-state index in [1.54, 1.807) is 0 Å². The number of para-hydroxylation sites is 1. The van der Waals surface area contributed by atoms with Gasteiger partial charge in [0.05, 0.1) is 12.2 Å². The lowest BCUT2D eigenvalue weighted by Crippen LogP contribution is -2.24. The van der Waals surface area contributed by atoms with Crippen molar-refractivity contribution in [1.29, 1.82) is 0 Å². The van der Waals surface area contributed by atoms with Gasteiger partial charge in [-0.15, -0.1) is 0 Å². The van der Waals surface area contributed by atoms with E-state index in [4.69, 9.17) is 4.74 Å². The maximum atomic E-state index is 6.19. The van der Waals surface area contributed by atoms with Crippen LogP contribution in [0.25, 0.3) is 0 Å². The molecule has 3 rings (SSSR count). The number of ether oxygens (including phenoxy) is 1. The molecular weight excluding hydrogens is 246 g/mol. The van der Waals surface area contributed by atoms with Gasteiger partial charge in [0.2, 0.25) is 0 Å². The number of hydrogen-bond donors (Lipinski definition) is 1. The molecule has 0 saturated heterocycles. The van der Waals surface area contributed by atoms with Crippen LogP contribution in [-0.2, 0) is 6.42 Å². The molecule has 1 heterocycles. The quantitative estimate of drug-likeness (QED) is 0.884. The Morgan fingerprint density at radius 3 is 2.70 bits per heavy atom. The maximum Gasteiger partial charge on any atom is 0.146 e. The largest absolute Gasteiger partial charge is 0.481 e. The lowest BCUT2D eigenvalue weighted by molar-refractivity contribution is 0.209. The molecule has 1 atom stereocenters. The molecule has 20 heavy (non-hydrogen) atoms. The fourth-order valence-corrected chi connectivity index (χ4v) is 2.71. The summed E-state index contributed by atoms with van der Waals surface area (Å²) in [7, 11) is 0. The average molecular weight is 267 g/mol. The van der Waals surface area contributed by atoms with E-state index in [1.807, 2.05) is 0 Å². The zero-order chi connectivity index (χ0) is 13.9. The van der Waals surface area contributed by atoms with Crippen molar-refractivity contribution in [2.24, 2.45) is 0 Å². The Bertz CT molecular complexity index is 589. The molecule has 2 heteroatoms. The number of nitrogens with one attached hydrogen (secondary N) is 1. The van der Waals surface area contributed by atoms with E-state index in [2.05, 4.69) is 61.6 Å². The van der Waals surface area contributed by atoms with Gasteiger partial charge >= 0.3 is 0 Å². The van der Waals surface area contributed by atoms with Crippen molar-refractivity contribution < 1.29 is 4.74 Å². The Balaban J connectivity index is 1.81. The van der Waals surface area contributed by atoms with E-state index in [1.165, 1.54) is 23.1 Å². The average Bonchev–Trinajstić information content (AvgIpc) is 2.49. The van der Waals surface area contributed by atoms with Crippen molar-refractivity contribution in [3.63, 3.8) is 0 Å². The Morgan fingerprint density at radius 1 is 1.15 bits per heavy atom. The van der Waals surface area contributed by atoms with E-state index in [0.717, 1.165) is 24.4 Å². The summed E-state index contributed by atoms with van der Waals surface area (Å²) < 4.78 is 6.19. The number of fused-ring (bicyclic) bond motifs is 1. The summed E-state index contributed by atoms with van der Waals surface area (Å²) in [4.78, 5) is 0. The van der Waals surface area contributed by atoms with Gasteiger partial charge in [0.25, 0.3) is 0 Å². The molecular formula is C18H21NO. The zero-order valence-corrected chi connectivity index (χ0v) is 12.1. The van der Waals surface area contributed by atoms with Gasteiger partial charge < -0.3 is 10.1 Å². The highest BCUT2D eigenvalue weighted by atomic mass is 16.5. The van der Waals surface area contributed by atoms with Crippen LogP contribution in [-0.4, -0.2) is 6.54 Å². The summed E-state index contributed by atoms with van der Waals surface area (Å²) in [6.45, 7) is 5.12. The fourth-order valence-electron chi connectivity index (χ4n) is 2.71.